The highest BCUT2D eigenvalue weighted by molar-refractivity contribution is 7.19. The Morgan fingerprint density at radius 2 is 2.09 bits per heavy atom. The molecule has 0 saturated heterocycles. The van der Waals surface area contributed by atoms with Gasteiger partial charge in [-0.05, 0) is 19.1 Å². The van der Waals surface area contributed by atoms with Crippen LogP contribution in [0.1, 0.15) is 17.3 Å². The first-order chi connectivity index (χ1) is 11.0. The molecule has 0 spiro atoms. The van der Waals surface area contributed by atoms with Gasteiger partial charge in [-0.15, -0.1) is 10.2 Å². The van der Waals surface area contributed by atoms with E-state index in [1.807, 2.05) is 0 Å². The van der Waals surface area contributed by atoms with Crippen molar-refractivity contribution in [1.82, 2.24) is 10.2 Å². The second kappa shape index (κ2) is 7.89. The zero-order valence-corrected chi connectivity index (χ0v) is 14.1. The lowest BCUT2D eigenvalue weighted by molar-refractivity contribution is -0.141. The molecule has 1 N–H and O–H groups in total. The number of hydrogen-bond acceptors (Lipinski definition) is 7. The lowest BCUT2D eigenvalue weighted by Crippen LogP contribution is -2.26. The van der Waals surface area contributed by atoms with Gasteiger partial charge in [0.25, 0.3) is 5.91 Å². The number of likely N-dealkylation sites (N-methyl/N-ethyl adjacent to an activating group) is 1. The number of nitrogens with zero attached hydrogens (tertiary/aromatic N) is 3. The standard InChI is InChI=1S/C14H15ClN4O3S/c1-3-22-11(20)8-19(2)14-18-17-13(23-14)16-12(21)9-6-4-5-7-10(9)15/h4-7H,3,8H2,1-2H3,(H,16,17,21). The summed E-state index contributed by atoms with van der Waals surface area (Å²) in [5.41, 5.74) is 0.353. The summed E-state index contributed by atoms with van der Waals surface area (Å²) in [5, 5.41) is 11.6. The first-order valence-corrected chi connectivity index (χ1v) is 7.97. The molecule has 0 aliphatic carbocycles. The van der Waals surface area contributed by atoms with Crippen LogP contribution in [0.5, 0.6) is 0 Å². The summed E-state index contributed by atoms with van der Waals surface area (Å²) in [6.45, 7) is 2.12. The largest absolute Gasteiger partial charge is 0.465 e. The maximum Gasteiger partial charge on any atom is 0.325 e. The van der Waals surface area contributed by atoms with E-state index in [-0.39, 0.29) is 18.4 Å². The van der Waals surface area contributed by atoms with Gasteiger partial charge in [-0.2, -0.15) is 0 Å². The van der Waals surface area contributed by atoms with Gasteiger partial charge < -0.3 is 9.64 Å². The van der Waals surface area contributed by atoms with E-state index >= 15 is 0 Å². The molecule has 9 heteroatoms. The van der Waals surface area contributed by atoms with Gasteiger partial charge in [0, 0.05) is 7.05 Å². The molecule has 1 aromatic heterocycles. The molecule has 0 saturated carbocycles. The summed E-state index contributed by atoms with van der Waals surface area (Å²) in [6.07, 6.45) is 0. The predicted molar refractivity (Wildman–Crippen MR) is 89.2 cm³/mol. The number of halogens is 1. The number of ether oxygens (including phenoxy) is 1. The highest BCUT2D eigenvalue weighted by Gasteiger charge is 2.16. The van der Waals surface area contributed by atoms with Crippen LogP contribution in [0.4, 0.5) is 10.3 Å². The highest BCUT2D eigenvalue weighted by Crippen LogP contribution is 2.24. The molecule has 0 bridgehead atoms. The van der Waals surface area contributed by atoms with Crippen LogP contribution in [0.25, 0.3) is 0 Å². The van der Waals surface area contributed by atoms with E-state index in [0.29, 0.717) is 27.5 Å². The molecule has 0 aliphatic rings. The quantitative estimate of drug-likeness (QED) is 0.802. The number of carbonyl (C=O) groups excluding carboxylic acids is 2. The lowest BCUT2D eigenvalue weighted by Gasteiger charge is -2.13. The molecule has 7 nitrogen and oxygen atoms in total. The minimum absolute atomic E-state index is 0.0565. The van der Waals surface area contributed by atoms with Gasteiger partial charge in [0.15, 0.2) is 0 Å². The predicted octanol–water partition coefficient (Wildman–Crippen LogP) is 2.44. The lowest BCUT2D eigenvalue weighted by atomic mass is 10.2. The zero-order valence-electron chi connectivity index (χ0n) is 12.6. The van der Waals surface area contributed by atoms with Crippen LogP contribution in [-0.4, -0.2) is 42.3 Å². The Morgan fingerprint density at radius 3 is 2.78 bits per heavy atom. The summed E-state index contributed by atoms with van der Waals surface area (Å²) in [5.74, 6) is -0.724. The number of rotatable bonds is 6. The fraction of sp³-hybridized carbons (Fsp3) is 0.286. The van der Waals surface area contributed by atoms with Crippen molar-refractivity contribution in [1.29, 1.82) is 0 Å². The van der Waals surface area contributed by atoms with Crippen molar-refractivity contribution < 1.29 is 14.3 Å². The number of esters is 1. The van der Waals surface area contributed by atoms with Gasteiger partial charge in [-0.1, -0.05) is 35.1 Å². The van der Waals surface area contributed by atoms with Crippen molar-refractivity contribution in [2.24, 2.45) is 0 Å². The number of benzene rings is 1. The van der Waals surface area contributed by atoms with Gasteiger partial charge in [0.1, 0.15) is 6.54 Å². The van der Waals surface area contributed by atoms with E-state index < -0.39 is 0 Å². The van der Waals surface area contributed by atoms with E-state index in [2.05, 4.69) is 15.5 Å². The number of hydrogen-bond donors (Lipinski definition) is 1. The van der Waals surface area contributed by atoms with Crippen LogP contribution in [-0.2, 0) is 9.53 Å². The van der Waals surface area contributed by atoms with Gasteiger partial charge in [-0.25, -0.2) is 0 Å². The van der Waals surface area contributed by atoms with E-state index in [1.54, 1.807) is 43.1 Å². The summed E-state index contributed by atoms with van der Waals surface area (Å²) >= 11 is 7.13. The van der Waals surface area contributed by atoms with Crippen molar-refractivity contribution in [3.8, 4) is 0 Å². The molecule has 0 fully saturated rings. The summed E-state index contributed by atoms with van der Waals surface area (Å²) in [6, 6.07) is 6.72. The Morgan fingerprint density at radius 1 is 1.35 bits per heavy atom. The summed E-state index contributed by atoms with van der Waals surface area (Å²) in [4.78, 5) is 25.2. The number of carbonyl (C=O) groups is 2. The van der Waals surface area contributed by atoms with Crippen molar-refractivity contribution in [2.45, 2.75) is 6.92 Å². The molecule has 0 radical (unpaired) electrons. The molecule has 0 unspecified atom stereocenters. The monoisotopic (exact) mass is 354 g/mol. The third-order valence-electron chi connectivity index (χ3n) is 2.75. The minimum atomic E-state index is -0.369. The Balaban J connectivity index is 2.01. The molecule has 0 atom stereocenters. The van der Waals surface area contributed by atoms with Gasteiger partial charge in [0.2, 0.25) is 10.3 Å². The third-order valence-corrected chi connectivity index (χ3v) is 4.03. The van der Waals surface area contributed by atoms with E-state index in [4.69, 9.17) is 16.3 Å². The number of anilines is 2. The van der Waals surface area contributed by atoms with Crippen molar-refractivity contribution in [3.05, 3.63) is 34.9 Å². The fourth-order valence-corrected chi connectivity index (χ4v) is 2.62. The second-order valence-electron chi connectivity index (χ2n) is 4.48. The summed E-state index contributed by atoms with van der Waals surface area (Å²) < 4.78 is 4.87. The Hall–Kier alpha value is -2.19. The van der Waals surface area contributed by atoms with Gasteiger partial charge >= 0.3 is 5.97 Å². The zero-order chi connectivity index (χ0) is 16.8. The first kappa shape index (κ1) is 17.2. The maximum atomic E-state index is 12.1. The molecule has 122 valence electrons. The number of amides is 1. The van der Waals surface area contributed by atoms with E-state index in [1.165, 1.54) is 0 Å². The fourth-order valence-electron chi connectivity index (χ4n) is 1.70. The Kier molecular flexibility index (Phi) is 5.89. The van der Waals surface area contributed by atoms with Crippen LogP contribution in [0, 0.1) is 0 Å². The van der Waals surface area contributed by atoms with Crippen LogP contribution < -0.4 is 10.2 Å². The molecular formula is C14H15ClN4O3S. The van der Waals surface area contributed by atoms with Crippen LogP contribution >= 0.6 is 22.9 Å². The molecule has 23 heavy (non-hydrogen) atoms. The second-order valence-corrected chi connectivity index (χ2v) is 5.85. The van der Waals surface area contributed by atoms with Gasteiger partial charge in [0.05, 0.1) is 17.2 Å². The molecule has 0 aliphatic heterocycles. The molecule has 1 heterocycles. The molecule has 2 rings (SSSR count). The SMILES string of the molecule is CCOC(=O)CN(C)c1nnc(NC(=O)c2ccccc2Cl)s1. The van der Waals surface area contributed by atoms with E-state index in [9.17, 15) is 9.59 Å². The van der Waals surface area contributed by atoms with E-state index in [0.717, 1.165) is 11.3 Å². The Bertz CT molecular complexity index is 707. The van der Waals surface area contributed by atoms with Crippen molar-refractivity contribution >= 4 is 45.1 Å². The third kappa shape index (κ3) is 4.64. The van der Waals surface area contributed by atoms with Crippen molar-refractivity contribution in [2.75, 3.05) is 30.4 Å². The number of aromatic nitrogens is 2. The first-order valence-electron chi connectivity index (χ1n) is 6.77. The average molecular weight is 355 g/mol. The average Bonchev–Trinajstić information content (AvgIpc) is 2.96. The maximum absolute atomic E-state index is 12.1. The van der Waals surface area contributed by atoms with Crippen LogP contribution in [0.15, 0.2) is 24.3 Å². The van der Waals surface area contributed by atoms with Crippen molar-refractivity contribution in [3.63, 3.8) is 0 Å². The molecule has 1 aromatic carbocycles. The van der Waals surface area contributed by atoms with Crippen LogP contribution in [0.2, 0.25) is 5.02 Å². The summed E-state index contributed by atoms with van der Waals surface area (Å²) in [7, 11) is 1.69. The normalized spacial score (nSPS) is 10.2. The minimum Gasteiger partial charge on any atom is -0.465 e. The van der Waals surface area contributed by atoms with Gasteiger partial charge in [-0.3, -0.25) is 14.9 Å². The Labute approximate surface area is 142 Å². The smallest absolute Gasteiger partial charge is 0.325 e. The molecular weight excluding hydrogens is 340 g/mol. The highest BCUT2D eigenvalue weighted by atomic mass is 35.5. The topological polar surface area (TPSA) is 84.4 Å². The number of nitrogens with one attached hydrogen (secondary N) is 1. The molecule has 1 amide bonds. The molecule has 2 aromatic rings. The van der Waals surface area contributed by atoms with Crippen LogP contribution in [0.3, 0.4) is 0 Å².